The molecule has 0 aromatic heterocycles. The average molecular weight is 527 g/mol. The summed E-state index contributed by atoms with van der Waals surface area (Å²) in [7, 11) is 0. The molecule has 37 heavy (non-hydrogen) atoms. The Bertz CT molecular complexity index is 939. The summed E-state index contributed by atoms with van der Waals surface area (Å²) in [5.74, 6) is -5.50. The van der Waals surface area contributed by atoms with Crippen molar-refractivity contribution < 1.29 is 26.3 Å². The van der Waals surface area contributed by atoms with E-state index in [-0.39, 0.29) is 24.8 Å². The number of rotatable bonds is 8. The lowest BCUT2D eigenvalue weighted by molar-refractivity contribution is -0.231. The summed E-state index contributed by atoms with van der Waals surface area (Å²) in [6.45, 7) is 7.38. The Balaban J connectivity index is 0.00000153. The molecule has 1 aliphatic carbocycles. The minimum Gasteiger partial charge on any atom is -0.297 e. The lowest BCUT2D eigenvalue weighted by atomic mass is 9.68. The SMILES string of the molecule is CC#N.CC(C)N(CCCc1ccc(C2C(C(F)(F)F)CCCC2C(F)(F)F)cc1)Cc1ccccc1. The Labute approximate surface area is 216 Å². The Kier molecular flexibility index (Phi) is 11.5. The molecule has 0 saturated heterocycles. The molecule has 1 saturated carbocycles. The Hall–Kier alpha value is -2.53. The molecule has 204 valence electrons. The Morgan fingerprint density at radius 3 is 1.84 bits per heavy atom. The van der Waals surface area contributed by atoms with Crippen LogP contribution in [0.15, 0.2) is 54.6 Å². The van der Waals surface area contributed by atoms with E-state index in [1.807, 2.05) is 18.2 Å². The number of nitriles is 1. The highest BCUT2D eigenvalue weighted by atomic mass is 19.4. The van der Waals surface area contributed by atoms with E-state index in [0.29, 0.717) is 12.5 Å². The number of hydrogen-bond acceptors (Lipinski definition) is 2. The summed E-state index contributed by atoms with van der Waals surface area (Å²) in [4.78, 5) is 2.35. The van der Waals surface area contributed by atoms with Crippen LogP contribution in [0.1, 0.15) is 69.1 Å². The molecule has 2 aromatic rings. The van der Waals surface area contributed by atoms with Gasteiger partial charge in [0.1, 0.15) is 0 Å². The summed E-state index contributed by atoms with van der Waals surface area (Å²) in [5.41, 5.74) is 2.29. The molecule has 3 rings (SSSR count). The zero-order valence-electron chi connectivity index (χ0n) is 21.6. The molecule has 2 aromatic carbocycles. The monoisotopic (exact) mass is 526 g/mol. The molecule has 2 nitrogen and oxygen atoms in total. The van der Waals surface area contributed by atoms with Crippen LogP contribution in [0, 0.1) is 23.2 Å². The van der Waals surface area contributed by atoms with Gasteiger partial charge in [-0.25, -0.2) is 0 Å². The first-order chi connectivity index (χ1) is 17.4. The van der Waals surface area contributed by atoms with Crippen molar-refractivity contribution in [3.05, 3.63) is 71.3 Å². The van der Waals surface area contributed by atoms with Gasteiger partial charge in [0.05, 0.1) is 17.9 Å². The third-order valence-electron chi connectivity index (χ3n) is 6.97. The first-order valence-electron chi connectivity index (χ1n) is 12.7. The van der Waals surface area contributed by atoms with Crippen molar-refractivity contribution in [3.8, 4) is 6.07 Å². The van der Waals surface area contributed by atoms with Crippen molar-refractivity contribution in [3.63, 3.8) is 0 Å². The minimum atomic E-state index is -4.65. The van der Waals surface area contributed by atoms with Gasteiger partial charge in [-0.2, -0.15) is 31.6 Å². The van der Waals surface area contributed by atoms with Crippen LogP contribution in [0.25, 0.3) is 0 Å². The number of aryl methyl sites for hydroxylation is 1. The quantitative estimate of drug-likeness (QED) is 0.322. The molecular weight excluding hydrogens is 490 g/mol. The van der Waals surface area contributed by atoms with Gasteiger partial charge in [-0.1, -0.05) is 61.0 Å². The maximum Gasteiger partial charge on any atom is 0.392 e. The predicted molar refractivity (Wildman–Crippen MR) is 134 cm³/mol. The van der Waals surface area contributed by atoms with Gasteiger partial charge in [0.15, 0.2) is 0 Å². The molecule has 0 radical (unpaired) electrons. The highest BCUT2D eigenvalue weighted by molar-refractivity contribution is 5.28. The fourth-order valence-corrected chi connectivity index (χ4v) is 5.13. The second-order valence-corrected chi connectivity index (χ2v) is 9.87. The third-order valence-corrected chi connectivity index (χ3v) is 6.97. The van der Waals surface area contributed by atoms with E-state index < -0.39 is 30.1 Å². The average Bonchev–Trinajstić information content (AvgIpc) is 2.83. The maximum atomic E-state index is 13.6. The van der Waals surface area contributed by atoms with Gasteiger partial charge in [-0.15, -0.1) is 0 Å². The molecule has 2 atom stereocenters. The van der Waals surface area contributed by atoms with Crippen LogP contribution in [-0.2, 0) is 13.0 Å². The fourth-order valence-electron chi connectivity index (χ4n) is 5.13. The molecule has 0 bridgehead atoms. The molecule has 1 aliphatic rings. The van der Waals surface area contributed by atoms with Gasteiger partial charge in [-0.05, 0) is 62.8 Å². The van der Waals surface area contributed by atoms with E-state index in [9.17, 15) is 26.3 Å². The fraction of sp³-hybridized carbons (Fsp3) is 0.552. The summed E-state index contributed by atoms with van der Waals surface area (Å²) < 4.78 is 81.7. The van der Waals surface area contributed by atoms with Gasteiger partial charge in [0, 0.05) is 25.4 Å². The summed E-state index contributed by atoms with van der Waals surface area (Å²) in [6, 6.07) is 18.6. The van der Waals surface area contributed by atoms with Crippen LogP contribution in [0.3, 0.4) is 0 Å². The normalized spacial score (nSPS) is 20.3. The van der Waals surface area contributed by atoms with Crippen LogP contribution in [-0.4, -0.2) is 29.8 Å². The number of alkyl halides is 6. The zero-order chi connectivity index (χ0) is 27.6. The van der Waals surface area contributed by atoms with Crippen molar-refractivity contribution in [2.45, 2.75) is 83.7 Å². The van der Waals surface area contributed by atoms with Crippen LogP contribution in [0.2, 0.25) is 0 Å². The van der Waals surface area contributed by atoms with Crippen molar-refractivity contribution >= 4 is 0 Å². The van der Waals surface area contributed by atoms with Crippen molar-refractivity contribution in [2.75, 3.05) is 6.54 Å². The lowest BCUT2D eigenvalue weighted by Crippen LogP contribution is -2.42. The molecule has 0 heterocycles. The van der Waals surface area contributed by atoms with Crippen molar-refractivity contribution in [1.82, 2.24) is 4.90 Å². The Morgan fingerprint density at radius 2 is 1.38 bits per heavy atom. The standard InChI is InChI=1S/C27H33F6N.C2H3N/c1-19(2)34(18-21-8-4-3-5-9-21)17-7-10-20-13-15-22(16-14-20)25-23(26(28,29)30)11-6-12-24(25)27(31,32)33;1-2-3/h3-5,8-9,13-16,19,23-25H,6-7,10-12,17-18H2,1-2H3;1H3. The van der Waals surface area contributed by atoms with Gasteiger partial charge in [-0.3, -0.25) is 4.90 Å². The zero-order valence-corrected chi connectivity index (χ0v) is 21.6. The van der Waals surface area contributed by atoms with Crippen LogP contribution in [0.5, 0.6) is 0 Å². The molecule has 2 unspecified atom stereocenters. The van der Waals surface area contributed by atoms with Crippen molar-refractivity contribution in [1.29, 1.82) is 5.26 Å². The summed E-state index contributed by atoms with van der Waals surface area (Å²) in [5, 5.41) is 7.32. The first-order valence-corrected chi connectivity index (χ1v) is 12.7. The number of halogens is 6. The van der Waals surface area contributed by atoms with Crippen molar-refractivity contribution in [2.24, 2.45) is 11.8 Å². The van der Waals surface area contributed by atoms with E-state index >= 15 is 0 Å². The van der Waals surface area contributed by atoms with Gasteiger partial charge < -0.3 is 0 Å². The van der Waals surface area contributed by atoms with E-state index in [1.165, 1.54) is 24.6 Å². The van der Waals surface area contributed by atoms with E-state index in [4.69, 9.17) is 5.26 Å². The van der Waals surface area contributed by atoms with Crippen LogP contribution < -0.4 is 0 Å². The maximum absolute atomic E-state index is 13.6. The predicted octanol–water partition coefficient (Wildman–Crippen LogP) is 8.68. The number of nitrogens with zero attached hydrogens (tertiary/aromatic N) is 2. The molecule has 0 aliphatic heterocycles. The molecule has 0 N–H and O–H groups in total. The van der Waals surface area contributed by atoms with Gasteiger partial charge >= 0.3 is 12.4 Å². The molecular formula is C29H36F6N2. The molecule has 0 amide bonds. The van der Waals surface area contributed by atoms with Gasteiger partial charge in [0.2, 0.25) is 0 Å². The summed E-state index contributed by atoms with van der Waals surface area (Å²) >= 11 is 0. The topological polar surface area (TPSA) is 27.0 Å². The van der Waals surface area contributed by atoms with E-state index in [1.54, 1.807) is 18.2 Å². The number of hydrogen-bond donors (Lipinski definition) is 0. The summed E-state index contributed by atoms with van der Waals surface area (Å²) in [6.07, 6.45) is -8.29. The molecule has 1 fully saturated rings. The highest BCUT2D eigenvalue weighted by Gasteiger charge is 2.56. The van der Waals surface area contributed by atoms with Gasteiger partial charge in [0.25, 0.3) is 0 Å². The smallest absolute Gasteiger partial charge is 0.297 e. The highest BCUT2D eigenvalue weighted by Crippen LogP contribution is 2.53. The lowest BCUT2D eigenvalue weighted by Gasteiger charge is -2.40. The third kappa shape index (κ3) is 9.37. The van der Waals surface area contributed by atoms with E-state index in [2.05, 4.69) is 30.9 Å². The second kappa shape index (κ2) is 13.9. The first kappa shape index (κ1) is 30.7. The van der Waals surface area contributed by atoms with Crippen LogP contribution in [0.4, 0.5) is 26.3 Å². The van der Waals surface area contributed by atoms with Crippen LogP contribution >= 0.6 is 0 Å². The molecule has 8 heteroatoms. The molecule has 0 spiro atoms. The Morgan fingerprint density at radius 1 is 0.865 bits per heavy atom. The largest absolute Gasteiger partial charge is 0.392 e. The minimum absolute atomic E-state index is 0.0573. The number of benzene rings is 2. The second-order valence-electron chi connectivity index (χ2n) is 9.87. The van der Waals surface area contributed by atoms with E-state index in [0.717, 1.165) is 25.1 Å².